The number of nitrogens with zero attached hydrogens (tertiary/aromatic N) is 6. The predicted octanol–water partition coefficient (Wildman–Crippen LogP) is 0.889. The van der Waals surface area contributed by atoms with Crippen molar-refractivity contribution in [3.63, 3.8) is 0 Å². The minimum Gasteiger partial charge on any atom is -0.368 e. The standard InChI is InChI=1S/C21H27ClN6O4S/c1-16(29)25-7-9-27(10-8-25)21(30)17-15-24(2)23-20(17)33(31,32)28-13-11-26(12-14-28)19-6-4-3-5-18(19)22/h3-6,15H,7-14H2,1-2H3. The van der Waals surface area contributed by atoms with Gasteiger partial charge in [0.15, 0.2) is 0 Å². The Kier molecular flexibility index (Phi) is 6.64. The highest BCUT2D eigenvalue weighted by molar-refractivity contribution is 7.89. The SMILES string of the molecule is CC(=O)N1CCN(C(=O)c2cn(C)nc2S(=O)(=O)N2CCN(c3ccccc3Cl)CC2)CC1. The van der Waals surface area contributed by atoms with E-state index in [4.69, 9.17) is 11.6 Å². The summed E-state index contributed by atoms with van der Waals surface area (Å²) in [5.74, 6) is -0.428. The fourth-order valence-corrected chi connectivity index (χ4v) is 5.99. The number of aryl methyl sites for hydroxylation is 1. The molecular formula is C21H27ClN6O4S. The van der Waals surface area contributed by atoms with Crippen molar-refractivity contribution < 1.29 is 18.0 Å². The molecule has 2 saturated heterocycles. The molecule has 0 spiro atoms. The summed E-state index contributed by atoms with van der Waals surface area (Å²) >= 11 is 6.29. The van der Waals surface area contributed by atoms with Gasteiger partial charge in [-0.05, 0) is 12.1 Å². The first-order valence-electron chi connectivity index (χ1n) is 10.8. The lowest BCUT2D eigenvalue weighted by molar-refractivity contribution is -0.130. The molecule has 1 aromatic carbocycles. The molecule has 1 aromatic heterocycles. The molecule has 178 valence electrons. The first-order valence-corrected chi connectivity index (χ1v) is 12.6. The van der Waals surface area contributed by atoms with Crippen LogP contribution in [0.4, 0.5) is 5.69 Å². The number of para-hydroxylation sites is 1. The number of aromatic nitrogens is 2. The van der Waals surface area contributed by atoms with E-state index in [1.54, 1.807) is 16.8 Å². The Morgan fingerprint density at radius 3 is 2.15 bits per heavy atom. The van der Waals surface area contributed by atoms with Gasteiger partial charge in [0.1, 0.15) is 0 Å². The molecular weight excluding hydrogens is 468 g/mol. The quantitative estimate of drug-likeness (QED) is 0.626. The van der Waals surface area contributed by atoms with Crippen molar-refractivity contribution in [2.75, 3.05) is 57.3 Å². The number of amides is 2. The number of sulfonamides is 1. The van der Waals surface area contributed by atoms with E-state index in [0.717, 1.165) is 5.69 Å². The van der Waals surface area contributed by atoms with Gasteiger partial charge in [-0.3, -0.25) is 14.3 Å². The lowest BCUT2D eigenvalue weighted by Gasteiger charge is -2.36. The molecule has 3 heterocycles. The van der Waals surface area contributed by atoms with Crippen molar-refractivity contribution in [1.82, 2.24) is 23.9 Å². The van der Waals surface area contributed by atoms with Gasteiger partial charge in [0.25, 0.3) is 15.9 Å². The van der Waals surface area contributed by atoms with Crippen LogP contribution in [0.15, 0.2) is 35.5 Å². The Morgan fingerprint density at radius 2 is 1.55 bits per heavy atom. The van der Waals surface area contributed by atoms with Gasteiger partial charge < -0.3 is 14.7 Å². The smallest absolute Gasteiger partial charge is 0.263 e. The molecule has 0 saturated carbocycles. The number of hydrogen-bond donors (Lipinski definition) is 0. The third-order valence-electron chi connectivity index (χ3n) is 6.05. The Balaban J connectivity index is 1.50. The van der Waals surface area contributed by atoms with E-state index < -0.39 is 10.0 Å². The third kappa shape index (κ3) is 4.71. The molecule has 2 aliphatic heterocycles. The lowest BCUT2D eigenvalue weighted by Crippen LogP contribution is -2.51. The Hall–Kier alpha value is -2.63. The Bertz CT molecular complexity index is 1150. The zero-order valence-electron chi connectivity index (χ0n) is 18.6. The summed E-state index contributed by atoms with van der Waals surface area (Å²) in [7, 11) is -2.37. The molecule has 0 atom stereocenters. The summed E-state index contributed by atoms with van der Waals surface area (Å²) in [6, 6.07) is 7.47. The number of carbonyl (C=O) groups excluding carboxylic acids is 2. The molecule has 2 aliphatic rings. The van der Waals surface area contributed by atoms with E-state index >= 15 is 0 Å². The van der Waals surface area contributed by atoms with Gasteiger partial charge in [-0.25, -0.2) is 8.42 Å². The van der Waals surface area contributed by atoms with E-state index in [0.29, 0.717) is 44.3 Å². The van der Waals surface area contributed by atoms with Crippen LogP contribution in [-0.2, 0) is 21.9 Å². The van der Waals surface area contributed by atoms with E-state index in [1.807, 2.05) is 29.2 Å². The van der Waals surface area contributed by atoms with Gasteiger partial charge >= 0.3 is 0 Å². The second-order valence-electron chi connectivity index (χ2n) is 8.16. The summed E-state index contributed by atoms with van der Waals surface area (Å²) in [5.41, 5.74) is 0.928. The second-order valence-corrected chi connectivity index (χ2v) is 10.4. The van der Waals surface area contributed by atoms with Crippen LogP contribution >= 0.6 is 11.6 Å². The fraction of sp³-hybridized carbons (Fsp3) is 0.476. The summed E-state index contributed by atoms with van der Waals surface area (Å²) < 4.78 is 29.6. The highest BCUT2D eigenvalue weighted by Crippen LogP contribution is 2.28. The number of rotatable bonds is 4. The van der Waals surface area contributed by atoms with Crippen LogP contribution in [0, 0.1) is 0 Å². The van der Waals surface area contributed by atoms with E-state index in [-0.39, 0.29) is 35.5 Å². The van der Waals surface area contributed by atoms with E-state index in [9.17, 15) is 18.0 Å². The topological polar surface area (TPSA) is 99.1 Å². The normalized spacial score (nSPS) is 18.0. The van der Waals surface area contributed by atoms with Gasteiger partial charge in [-0.1, -0.05) is 23.7 Å². The molecule has 33 heavy (non-hydrogen) atoms. The van der Waals surface area contributed by atoms with Crippen LogP contribution in [-0.4, -0.2) is 96.5 Å². The number of carbonyl (C=O) groups is 2. The fourth-order valence-electron chi connectivity index (χ4n) is 4.20. The van der Waals surface area contributed by atoms with Gasteiger partial charge in [0, 0.05) is 72.5 Å². The Labute approximate surface area is 198 Å². The number of halogens is 1. The molecule has 10 nitrogen and oxygen atoms in total. The monoisotopic (exact) mass is 494 g/mol. The van der Waals surface area contributed by atoms with Gasteiger partial charge in [0.05, 0.1) is 16.3 Å². The maximum atomic E-state index is 13.4. The molecule has 0 unspecified atom stereocenters. The van der Waals surface area contributed by atoms with Crippen LogP contribution < -0.4 is 4.90 Å². The summed E-state index contributed by atoms with van der Waals surface area (Å²) in [5, 5.41) is 4.54. The highest BCUT2D eigenvalue weighted by Gasteiger charge is 2.36. The van der Waals surface area contributed by atoms with Crippen LogP contribution in [0.1, 0.15) is 17.3 Å². The Morgan fingerprint density at radius 1 is 0.939 bits per heavy atom. The van der Waals surface area contributed by atoms with Gasteiger partial charge in [-0.2, -0.15) is 9.40 Å². The van der Waals surface area contributed by atoms with Crippen LogP contribution in [0.3, 0.4) is 0 Å². The molecule has 0 aliphatic carbocycles. The van der Waals surface area contributed by atoms with Crippen molar-refractivity contribution in [1.29, 1.82) is 0 Å². The average molecular weight is 495 g/mol. The van der Waals surface area contributed by atoms with Crippen LogP contribution in [0.25, 0.3) is 0 Å². The van der Waals surface area contributed by atoms with Gasteiger partial charge in [0.2, 0.25) is 10.9 Å². The van der Waals surface area contributed by atoms with Crippen molar-refractivity contribution in [2.45, 2.75) is 11.9 Å². The van der Waals surface area contributed by atoms with Gasteiger partial charge in [-0.15, -0.1) is 0 Å². The first kappa shape index (κ1) is 23.5. The summed E-state index contributed by atoms with van der Waals surface area (Å²) in [4.78, 5) is 30.0. The van der Waals surface area contributed by atoms with E-state index in [2.05, 4.69) is 5.10 Å². The molecule has 0 bridgehead atoms. The van der Waals surface area contributed by atoms with Crippen LogP contribution in [0.5, 0.6) is 0 Å². The maximum Gasteiger partial charge on any atom is 0.263 e. The molecule has 0 radical (unpaired) electrons. The first-order chi connectivity index (χ1) is 15.7. The van der Waals surface area contributed by atoms with Crippen LogP contribution in [0.2, 0.25) is 5.02 Å². The number of hydrogen-bond acceptors (Lipinski definition) is 6. The average Bonchev–Trinajstić information content (AvgIpc) is 3.21. The number of anilines is 1. The highest BCUT2D eigenvalue weighted by atomic mass is 35.5. The second kappa shape index (κ2) is 9.32. The predicted molar refractivity (Wildman–Crippen MR) is 124 cm³/mol. The zero-order chi connectivity index (χ0) is 23.8. The minimum atomic E-state index is -3.97. The molecule has 2 aromatic rings. The number of benzene rings is 1. The minimum absolute atomic E-state index is 0.0392. The van der Waals surface area contributed by atoms with Crippen molar-refractivity contribution >= 4 is 39.1 Å². The molecule has 4 rings (SSSR count). The van der Waals surface area contributed by atoms with Crippen molar-refractivity contribution in [3.05, 3.63) is 41.0 Å². The zero-order valence-corrected chi connectivity index (χ0v) is 20.2. The summed E-state index contributed by atoms with van der Waals surface area (Å²) in [6.45, 7) is 4.52. The number of piperazine rings is 2. The summed E-state index contributed by atoms with van der Waals surface area (Å²) in [6.07, 6.45) is 1.45. The third-order valence-corrected chi connectivity index (χ3v) is 8.21. The van der Waals surface area contributed by atoms with E-state index in [1.165, 1.54) is 22.1 Å². The molecule has 2 fully saturated rings. The van der Waals surface area contributed by atoms with Crippen molar-refractivity contribution in [3.8, 4) is 0 Å². The molecule has 2 amide bonds. The maximum absolute atomic E-state index is 13.4. The largest absolute Gasteiger partial charge is 0.368 e. The van der Waals surface area contributed by atoms with Crippen molar-refractivity contribution in [2.24, 2.45) is 7.05 Å². The molecule has 12 heteroatoms. The molecule has 0 N–H and O–H groups in total. The lowest BCUT2D eigenvalue weighted by atomic mass is 10.2.